The molecule has 0 aliphatic rings. The minimum absolute atomic E-state index is 0.142. The summed E-state index contributed by atoms with van der Waals surface area (Å²) in [5, 5.41) is 31.2. The van der Waals surface area contributed by atoms with Crippen LogP contribution in [-0.4, -0.2) is 48.1 Å². The number of aliphatic hydroxyl groups is 2. The van der Waals surface area contributed by atoms with E-state index in [-0.39, 0.29) is 18.7 Å². The maximum absolute atomic E-state index is 11.4. The van der Waals surface area contributed by atoms with Crippen molar-refractivity contribution >= 4 is 38.8 Å². The predicted octanol–water partition coefficient (Wildman–Crippen LogP) is 3.88. The van der Waals surface area contributed by atoms with Crippen molar-refractivity contribution in [3.05, 3.63) is 66.2 Å². The van der Waals surface area contributed by atoms with Crippen LogP contribution in [0.4, 0.5) is 0 Å². The van der Waals surface area contributed by atoms with Crippen LogP contribution in [0.25, 0.3) is 44.2 Å². The number of benzene rings is 3. The van der Waals surface area contributed by atoms with Crippen LogP contribution in [0.3, 0.4) is 0 Å². The number of aliphatic hydroxyl groups excluding tert-OH is 2. The molecule has 7 nitrogen and oxygen atoms in total. The molecule has 5 rings (SSSR count). The maximum atomic E-state index is 11.4. The summed E-state index contributed by atoms with van der Waals surface area (Å²) < 4.78 is 4.11. The van der Waals surface area contributed by atoms with Gasteiger partial charge in [0, 0.05) is 33.9 Å². The lowest BCUT2D eigenvalue weighted by molar-refractivity contribution is 0.0697. The Morgan fingerprint density at radius 3 is 2.47 bits per heavy atom. The standard InChI is InChI=1S/C25H23N3O4/c1-2-27-21-6-4-3-5-18(21)19-11-15(7-9-22(19)27)24-26-20-12-16(25(31)32)8-10-23(20)28(24)13-17(30)14-29/h3-12,17,29-30H,2,13-14H2,1H3,(H,31,32)/t17-/m1/s1. The molecule has 0 bridgehead atoms. The zero-order valence-corrected chi connectivity index (χ0v) is 17.6. The lowest BCUT2D eigenvalue weighted by Gasteiger charge is -2.13. The van der Waals surface area contributed by atoms with E-state index in [1.165, 1.54) is 12.1 Å². The van der Waals surface area contributed by atoms with Gasteiger partial charge in [-0.15, -0.1) is 0 Å². The van der Waals surface area contributed by atoms with Crippen molar-refractivity contribution < 1.29 is 20.1 Å². The van der Waals surface area contributed by atoms with Gasteiger partial charge in [-0.1, -0.05) is 18.2 Å². The van der Waals surface area contributed by atoms with Gasteiger partial charge in [0.2, 0.25) is 0 Å². The van der Waals surface area contributed by atoms with Crippen molar-refractivity contribution in [3.8, 4) is 11.4 Å². The van der Waals surface area contributed by atoms with E-state index in [1.54, 1.807) is 6.07 Å². The number of aromatic nitrogens is 3. The summed E-state index contributed by atoms with van der Waals surface area (Å²) in [7, 11) is 0. The molecule has 0 saturated carbocycles. The SMILES string of the molecule is CCn1c2ccccc2c2cc(-c3nc4cc(C(=O)O)ccc4n3C[C@@H](O)CO)ccc21. The highest BCUT2D eigenvalue weighted by atomic mass is 16.4. The van der Waals surface area contributed by atoms with Crippen LogP contribution in [0.5, 0.6) is 0 Å². The third-order valence-corrected chi connectivity index (χ3v) is 5.95. The molecule has 0 unspecified atom stereocenters. The van der Waals surface area contributed by atoms with Crippen molar-refractivity contribution in [2.75, 3.05) is 6.61 Å². The summed E-state index contributed by atoms with van der Waals surface area (Å²) in [5.74, 6) is -0.405. The second-order valence-corrected chi connectivity index (χ2v) is 7.88. The first-order valence-corrected chi connectivity index (χ1v) is 10.6. The average molecular weight is 429 g/mol. The van der Waals surface area contributed by atoms with Gasteiger partial charge in [-0.25, -0.2) is 9.78 Å². The largest absolute Gasteiger partial charge is 0.478 e. The molecule has 0 fully saturated rings. The van der Waals surface area contributed by atoms with Crippen molar-refractivity contribution in [1.29, 1.82) is 0 Å². The number of carboxylic acid groups (broad SMARTS) is 1. The molecule has 3 N–H and O–H groups in total. The van der Waals surface area contributed by atoms with E-state index in [1.807, 2.05) is 22.8 Å². The Hall–Kier alpha value is -3.68. The molecule has 0 spiro atoms. The molecular weight excluding hydrogens is 406 g/mol. The topological polar surface area (TPSA) is 101 Å². The molecule has 3 aromatic carbocycles. The van der Waals surface area contributed by atoms with E-state index >= 15 is 0 Å². The number of hydrogen-bond donors (Lipinski definition) is 3. The van der Waals surface area contributed by atoms with Gasteiger partial charge in [-0.05, 0) is 49.4 Å². The first kappa shape index (κ1) is 20.2. The minimum atomic E-state index is -1.02. The summed E-state index contributed by atoms with van der Waals surface area (Å²) in [4.78, 5) is 16.1. The predicted molar refractivity (Wildman–Crippen MR) is 124 cm³/mol. The highest BCUT2D eigenvalue weighted by Crippen LogP contribution is 2.33. The summed E-state index contributed by atoms with van der Waals surface area (Å²) >= 11 is 0. The number of para-hydroxylation sites is 1. The molecule has 1 atom stereocenters. The molecule has 2 aromatic heterocycles. The quantitative estimate of drug-likeness (QED) is 0.380. The van der Waals surface area contributed by atoms with E-state index in [0.29, 0.717) is 16.9 Å². The second kappa shape index (κ2) is 7.78. The van der Waals surface area contributed by atoms with Crippen molar-refractivity contribution in [1.82, 2.24) is 14.1 Å². The fraction of sp³-hybridized carbons (Fsp3) is 0.200. The number of imidazole rings is 1. The molecule has 5 aromatic rings. The Bertz CT molecular complexity index is 1480. The third kappa shape index (κ3) is 3.14. The van der Waals surface area contributed by atoms with Gasteiger partial charge in [0.15, 0.2) is 0 Å². The van der Waals surface area contributed by atoms with E-state index in [9.17, 15) is 20.1 Å². The number of fused-ring (bicyclic) bond motifs is 4. The van der Waals surface area contributed by atoms with Gasteiger partial charge < -0.3 is 24.5 Å². The van der Waals surface area contributed by atoms with Crippen LogP contribution in [0, 0.1) is 0 Å². The fourth-order valence-electron chi connectivity index (χ4n) is 4.47. The van der Waals surface area contributed by atoms with Crippen LogP contribution >= 0.6 is 0 Å². The van der Waals surface area contributed by atoms with E-state index in [0.717, 1.165) is 33.9 Å². The fourth-order valence-corrected chi connectivity index (χ4v) is 4.47. The van der Waals surface area contributed by atoms with Gasteiger partial charge in [-0.3, -0.25) is 0 Å². The number of carbonyl (C=O) groups is 1. The Balaban J connectivity index is 1.76. The number of rotatable bonds is 6. The molecular formula is C25H23N3O4. The number of aryl methyl sites for hydroxylation is 1. The van der Waals surface area contributed by atoms with Crippen LogP contribution in [0.2, 0.25) is 0 Å². The van der Waals surface area contributed by atoms with Crippen molar-refractivity contribution in [2.24, 2.45) is 0 Å². The Morgan fingerprint density at radius 2 is 1.72 bits per heavy atom. The summed E-state index contributed by atoms with van der Waals surface area (Å²) in [6.45, 7) is 2.73. The monoisotopic (exact) mass is 429 g/mol. The van der Waals surface area contributed by atoms with Crippen LogP contribution in [0.15, 0.2) is 60.7 Å². The van der Waals surface area contributed by atoms with Gasteiger partial charge in [0.25, 0.3) is 0 Å². The first-order chi connectivity index (χ1) is 15.5. The van der Waals surface area contributed by atoms with Gasteiger partial charge >= 0.3 is 5.97 Å². The average Bonchev–Trinajstić information content (AvgIpc) is 3.33. The van der Waals surface area contributed by atoms with E-state index < -0.39 is 12.1 Å². The summed E-state index contributed by atoms with van der Waals surface area (Å²) in [6, 6.07) is 19.2. The minimum Gasteiger partial charge on any atom is -0.478 e. The molecule has 7 heteroatoms. The smallest absolute Gasteiger partial charge is 0.335 e. The molecule has 32 heavy (non-hydrogen) atoms. The maximum Gasteiger partial charge on any atom is 0.335 e. The Morgan fingerprint density at radius 1 is 0.969 bits per heavy atom. The van der Waals surface area contributed by atoms with Gasteiger partial charge in [-0.2, -0.15) is 0 Å². The number of hydrogen-bond acceptors (Lipinski definition) is 4. The lowest BCUT2D eigenvalue weighted by Crippen LogP contribution is -2.20. The summed E-state index contributed by atoms with van der Waals surface area (Å²) in [5.41, 5.74) is 4.53. The van der Waals surface area contributed by atoms with Crippen LogP contribution in [0.1, 0.15) is 17.3 Å². The highest BCUT2D eigenvalue weighted by molar-refractivity contribution is 6.09. The number of carboxylic acids is 1. The van der Waals surface area contributed by atoms with Crippen LogP contribution < -0.4 is 0 Å². The lowest BCUT2D eigenvalue weighted by atomic mass is 10.1. The molecule has 0 amide bonds. The van der Waals surface area contributed by atoms with Crippen molar-refractivity contribution in [3.63, 3.8) is 0 Å². The number of nitrogens with zero attached hydrogens (tertiary/aromatic N) is 3. The summed E-state index contributed by atoms with van der Waals surface area (Å²) in [6.07, 6.45) is -0.962. The second-order valence-electron chi connectivity index (χ2n) is 7.88. The number of aromatic carboxylic acids is 1. The van der Waals surface area contributed by atoms with E-state index in [2.05, 4.69) is 35.8 Å². The van der Waals surface area contributed by atoms with Gasteiger partial charge in [0.1, 0.15) is 5.82 Å². The normalized spacial score (nSPS) is 12.7. The molecule has 0 saturated heterocycles. The molecule has 162 valence electrons. The van der Waals surface area contributed by atoms with E-state index in [4.69, 9.17) is 4.98 Å². The Labute approximate surface area is 183 Å². The third-order valence-electron chi connectivity index (χ3n) is 5.95. The highest BCUT2D eigenvalue weighted by Gasteiger charge is 2.18. The zero-order chi connectivity index (χ0) is 22.4. The molecule has 2 heterocycles. The molecule has 0 aliphatic carbocycles. The van der Waals surface area contributed by atoms with Crippen molar-refractivity contribution in [2.45, 2.75) is 26.1 Å². The first-order valence-electron chi connectivity index (χ1n) is 10.6. The van der Waals surface area contributed by atoms with Crippen LogP contribution in [-0.2, 0) is 13.1 Å². The molecule has 0 aliphatic heterocycles. The Kier molecular flexibility index (Phi) is 4.92. The molecule has 0 radical (unpaired) electrons. The zero-order valence-electron chi connectivity index (χ0n) is 17.6. The van der Waals surface area contributed by atoms with Gasteiger partial charge in [0.05, 0.1) is 35.9 Å².